The molecule has 1 aliphatic rings. The van der Waals surface area contributed by atoms with Crippen molar-refractivity contribution in [3.63, 3.8) is 0 Å². The van der Waals surface area contributed by atoms with E-state index < -0.39 is 0 Å². The molecule has 1 saturated heterocycles. The van der Waals surface area contributed by atoms with E-state index in [1.807, 2.05) is 0 Å². The molecule has 1 aliphatic heterocycles. The minimum Gasteiger partial charge on any atom is -0.376 e. The summed E-state index contributed by atoms with van der Waals surface area (Å²) in [6.07, 6.45) is 1.07. The van der Waals surface area contributed by atoms with Crippen molar-refractivity contribution < 1.29 is 9.47 Å². The Morgan fingerprint density at radius 1 is 1.33 bits per heavy atom. The highest BCUT2D eigenvalue weighted by Crippen LogP contribution is 2.21. The molecule has 0 amide bonds. The van der Waals surface area contributed by atoms with Crippen LogP contribution in [0.25, 0.3) is 0 Å². The van der Waals surface area contributed by atoms with Crippen molar-refractivity contribution in [2.45, 2.75) is 32.4 Å². The lowest BCUT2D eigenvalue weighted by molar-refractivity contribution is -0.0975. The largest absolute Gasteiger partial charge is 0.376 e. The van der Waals surface area contributed by atoms with Crippen LogP contribution in [0.15, 0.2) is 24.3 Å². The van der Waals surface area contributed by atoms with Crippen molar-refractivity contribution in [3.05, 3.63) is 35.4 Å². The van der Waals surface area contributed by atoms with Gasteiger partial charge in [-0.2, -0.15) is 0 Å². The molecule has 2 unspecified atom stereocenters. The summed E-state index contributed by atoms with van der Waals surface area (Å²) in [5.74, 6) is 0.658. The Hall–Kier alpha value is -0.900. The van der Waals surface area contributed by atoms with Gasteiger partial charge in [0, 0.05) is 0 Å². The van der Waals surface area contributed by atoms with Gasteiger partial charge in [-0.15, -0.1) is 0 Å². The molecule has 100 valence electrons. The molecule has 0 bridgehead atoms. The zero-order chi connectivity index (χ0) is 13.0. The van der Waals surface area contributed by atoms with Gasteiger partial charge in [-0.1, -0.05) is 38.1 Å². The van der Waals surface area contributed by atoms with Crippen LogP contribution in [0.3, 0.4) is 0 Å². The highest BCUT2D eigenvalue weighted by molar-refractivity contribution is 5.27. The van der Waals surface area contributed by atoms with Gasteiger partial charge in [0.05, 0.1) is 25.9 Å². The zero-order valence-electron chi connectivity index (χ0n) is 11.3. The molecule has 1 aromatic carbocycles. The van der Waals surface area contributed by atoms with Crippen LogP contribution in [0.4, 0.5) is 0 Å². The molecule has 0 spiro atoms. The lowest BCUT2D eigenvalue weighted by atomic mass is 9.96. The summed E-state index contributed by atoms with van der Waals surface area (Å²) in [5.41, 5.74) is 8.75. The van der Waals surface area contributed by atoms with E-state index in [0.29, 0.717) is 25.7 Å². The van der Waals surface area contributed by atoms with E-state index >= 15 is 0 Å². The van der Waals surface area contributed by atoms with E-state index in [1.54, 1.807) is 0 Å². The second-order valence-electron chi connectivity index (χ2n) is 5.35. The first-order chi connectivity index (χ1) is 8.66. The summed E-state index contributed by atoms with van der Waals surface area (Å²) in [4.78, 5) is 0. The number of hydrogen-bond acceptors (Lipinski definition) is 3. The number of ether oxygens (including phenoxy) is 2. The van der Waals surface area contributed by atoms with E-state index in [2.05, 4.69) is 38.1 Å². The summed E-state index contributed by atoms with van der Waals surface area (Å²) < 4.78 is 11.1. The van der Waals surface area contributed by atoms with E-state index in [0.717, 1.165) is 12.0 Å². The van der Waals surface area contributed by atoms with Crippen LogP contribution in [-0.2, 0) is 15.9 Å². The molecule has 0 radical (unpaired) electrons. The van der Waals surface area contributed by atoms with Gasteiger partial charge in [-0.05, 0) is 23.5 Å². The smallest absolute Gasteiger partial charge is 0.100 e. The third kappa shape index (κ3) is 3.55. The van der Waals surface area contributed by atoms with Gasteiger partial charge < -0.3 is 15.2 Å². The van der Waals surface area contributed by atoms with Crippen molar-refractivity contribution in [2.24, 2.45) is 11.7 Å². The van der Waals surface area contributed by atoms with Crippen molar-refractivity contribution >= 4 is 0 Å². The van der Waals surface area contributed by atoms with E-state index in [4.69, 9.17) is 15.2 Å². The average Bonchev–Trinajstić information content (AvgIpc) is 2.38. The quantitative estimate of drug-likeness (QED) is 0.890. The molecular weight excluding hydrogens is 226 g/mol. The highest BCUT2D eigenvalue weighted by Gasteiger charge is 2.23. The summed E-state index contributed by atoms with van der Waals surface area (Å²) in [7, 11) is 0. The SMILES string of the molecule is CC(C)Cc1cccc(C(N)C2COCCO2)c1. The fraction of sp³-hybridized carbons (Fsp3) is 0.600. The fourth-order valence-corrected chi connectivity index (χ4v) is 2.33. The maximum Gasteiger partial charge on any atom is 0.100 e. The fourth-order valence-electron chi connectivity index (χ4n) is 2.33. The maximum atomic E-state index is 6.26. The van der Waals surface area contributed by atoms with Gasteiger partial charge >= 0.3 is 0 Å². The van der Waals surface area contributed by atoms with E-state index in [9.17, 15) is 0 Å². The van der Waals surface area contributed by atoms with Crippen molar-refractivity contribution in [3.8, 4) is 0 Å². The first kappa shape index (κ1) is 13.5. The van der Waals surface area contributed by atoms with Gasteiger partial charge in [0.25, 0.3) is 0 Å². The lowest BCUT2D eigenvalue weighted by Crippen LogP contribution is -2.37. The molecule has 18 heavy (non-hydrogen) atoms. The van der Waals surface area contributed by atoms with Crippen molar-refractivity contribution in [1.29, 1.82) is 0 Å². The van der Waals surface area contributed by atoms with Crippen LogP contribution in [0, 0.1) is 5.92 Å². The zero-order valence-corrected chi connectivity index (χ0v) is 11.3. The number of hydrogen-bond donors (Lipinski definition) is 1. The van der Waals surface area contributed by atoms with Gasteiger partial charge in [0.2, 0.25) is 0 Å². The molecule has 2 atom stereocenters. The average molecular weight is 249 g/mol. The normalized spacial score (nSPS) is 22.1. The molecule has 3 nitrogen and oxygen atoms in total. The molecule has 2 rings (SSSR count). The molecule has 0 saturated carbocycles. The topological polar surface area (TPSA) is 44.5 Å². The van der Waals surface area contributed by atoms with Crippen LogP contribution in [0.1, 0.15) is 31.0 Å². The molecule has 3 heteroatoms. The molecule has 0 aromatic heterocycles. The van der Waals surface area contributed by atoms with Crippen LogP contribution >= 0.6 is 0 Å². The monoisotopic (exact) mass is 249 g/mol. The Balaban J connectivity index is 2.06. The second kappa shape index (κ2) is 6.32. The summed E-state index contributed by atoms with van der Waals surface area (Å²) in [6.45, 7) is 6.37. The van der Waals surface area contributed by atoms with E-state index in [-0.39, 0.29) is 12.1 Å². The van der Waals surface area contributed by atoms with E-state index in [1.165, 1.54) is 5.56 Å². The number of rotatable bonds is 4. The Bertz CT molecular complexity index is 373. The first-order valence-corrected chi connectivity index (χ1v) is 6.70. The first-order valence-electron chi connectivity index (χ1n) is 6.70. The van der Waals surface area contributed by atoms with Crippen LogP contribution in [0.2, 0.25) is 0 Å². The van der Waals surface area contributed by atoms with Crippen molar-refractivity contribution in [1.82, 2.24) is 0 Å². The third-order valence-electron chi connectivity index (χ3n) is 3.22. The van der Waals surface area contributed by atoms with Gasteiger partial charge in [0.15, 0.2) is 0 Å². The lowest BCUT2D eigenvalue weighted by Gasteiger charge is -2.28. The van der Waals surface area contributed by atoms with Crippen LogP contribution in [0.5, 0.6) is 0 Å². The number of nitrogens with two attached hydrogens (primary N) is 1. The predicted molar refractivity (Wildman–Crippen MR) is 72.5 cm³/mol. The van der Waals surface area contributed by atoms with Crippen LogP contribution < -0.4 is 5.73 Å². The molecule has 2 N–H and O–H groups in total. The Morgan fingerprint density at radius 3 is 2.83 bits per heavy atom. The number of benzene rings is 1. The highest BCUT2D eigenvalue weighted by atomic mass is 16.6. The summed E-state index contributed by atoms with van der Waals surface area (Å²) in [5, 5.41) is 0. The molecule has 1 aromatic rings. The Labute approximate surface area is 109 Å². The minimum absolute atomic E-state index is 0.0203. The standard InChI is InChI=1S/C15H23NO2/c1-11(2)8-12-4-3-5-13(9-12)15(16)14-10-17-6-7-18-14/h3-5,9,11,14-15H,6-8,10,16H2,1-2H3. The molecule has 0 aliphatic carbocycles. The second-order valence-corrected chi connectivity index (χ2v) is 5.35. The summed E-state index contributed by atoms with van der Waals surface area (Å²) in [6, 6.07) is 8.41. The third-order valence-corrected chi connectivity index (χ3v) is 3.22. The van der Waals surface area contributed by atoms with Gasteiger partial charge in [0.1, 0.15) is 6.10 Å². The van der Waals surface area contributed by atoms with Gasteiger partial charge in [-0.3, -0.25) is 0 Å². The predicted octanol–water partition coefficient (Wildman–Crippen LogP) is 2.30. The van der Waals surface area contributed by atoms with Gasteiger partial charge in [-0.25, -0.2) is 0 Å². The summed E-state index contributed by atoms with van der Waals surface area (Å²) >= 11 is 0. The Kier molecular flexibility index (Phi) is 4.75. The van der Waals surface area contributed by atoms with Crippen molar-refractivity contribution in [2.75, 3.05) is 19.8 Å². The maximum absolute atomic E-state index is 6.26. The van der Waals surface area contributed by atoms with Crippen LogP contribution in [-0.4, -0.2) is 25.9 Å². The molecule has 1 heterocycles. The Morgan fingerprint density at radius 2 is 2.17 bits per heavy atom. The minimum atomic E-state index is -0.0996. The molecular formula is C15H23NO2. The molecule has 1 fully saturated rings.